The van der Waals surface area contributed by atoms with Crippen molar-refractivity contribution in [3.8, 4) is 0 Å². The lowest BCUT2D eigenvalue weighted by atomic mass is 10.0. The van der Waals surface area contributed by atoms with E-state index in [1.54, 1.807) is 11.3 Å². The van der Waals surface area contributed by atoms with Gasteiger partial charge in [0, 0.05) is 22.7 Å². The molecule has 1 fully saturated rings. The van der Waals surface area contributed by atoms with Crippen molar-refractivity contribution >= 4 is 23.2 Å². The number of hydrogen-bond donors (Lipinski definition) is 1. The maximum Gasteiger partial charge on any atom is 0.245 e. The van der Waals surface area contributed by atoms with E-state index in [-0.39, 0.29) is 17.7 Å². The normalized spacial score (nSPS) is 20.2. The Kier molecular flexibility index (Phi) is 4.81. The molecule has 0 spiro atoms. The number of carbonyl (C=O) groups excluding carboxylic acids is 2. The summed E-state index contributed by atoms with van der Waals surface area (Å²) < 4.78 is 0. The molecular formula is C15H22N2O2S. The number of rotatable bonds is 4. The zero-order valence-corrected chi connectivity index (χ0v) is 13.1. The summed E-state index contributed by atoms with van der Waals surface area (Å²) in [6.07, 6.45) is 1.41. The monoisotopic (exact) mass is 294 g/mol. The maximum absolute atomic E-state index is 12.5. The van der Waals surface area contributed by atoms with Gasteiger partial charge in [-0.15, -0.1) is 11.3 Å². The van der Waals surface area contributed by atoms with Crippen LogP contribution in [0.15, 0.2) is 12.1 Å². The second-order valence-electron chi connectivity index (χ2n) is 5.52. The minimum absolute atomic E-state index is 0.0278. The molecular weight excluding hydrogens is 272 g/mol. The molecule has 2 amide bonds. The summed E-state index contributed by atoms with van der Waals surface area (Å²) in [4.78, 5) is 28.6. The van der Waals surface area contributed by atoms with Crippen LogP contribution in [0.5, 0.6) is 0 Å². The minimum atomic E-state index is -0.393. The molecule has 0 aliphatic carbocycles. The second kappa shape index (κ2) is 6.39. The molecule has 2 heterocycles. The van der Waals surface area contributed by atoms with E-state index in [0.29, 0.717) is 19.5 Å². The zero-order chi connectivity index (χ0) is 14.7. The lowest BCUT2D eigenvalue weighted by Crippen LogP contribution is -2.47. The van der Waals surface area contributed by atoms with Gasteiger partial charge in [0.05, 0.1) is 6.54 Å². The minimum Gasteiger partial charge on any atom is -0.344 e. The fourth-order valence-corrected chi connectivity index (χ4v) is 3.32. The Hall–Kier alpha value is -1.36. The molecule has 1 N–H and O–H groups in total. The van der Waals surface area contributed by atoms with E-state index in [9.17, 15) is 9.59 Å². The van der Waals surface area contributed by atoms with Crippen LogP contribution in [0.25, 0.3) is 0 Å². The van der Waals surface area contributed by atoms with Gasteiger partial charge in [-0.25, -0.2) is 0 Å². The highest BCUT2D eigenvalue weighted by atomic mass is 32.1. The van der Waals surface area contributed by atoms with Crippen molar-refractivity contribution in [2.75, 3.05) is 6.54 Å². The van der Waals surface area contributed by atoms with Crippen LogP contribution in [0.3, 0.4) is 0 Å². The smallest absolute Gasteiger partial charge is 0.245 e. The first-order valence-corrected chi connectivity index (χ1v) is 7.98. The maximum atomic E-state index is 12.5. The number of hydrogen-bond acceptors (Lipinski definition) is 3. The van der Waals surface area contributed by atoms with Gasteiger partial charge in [0.2, 0.25) is 11.8 Å². The molecule has 0 saturated carbocycles. The van der Waals surface area contributed by atoms with E-state index in [2.05, 4.69) is 24.4 Å². The molecule has 2 rings (SSSR count). The molecule has 1 aromatic heterocycles. The third-order valence-electron chi connectivity index (χ3n) is 3.58. The van der Waals surface area contributed by atoms with Gasteiger partial charge in [-0.2, -0.15) is 0 Å². The summed E-state index contributed by atoms with van der Waals surface area (Å²) in [5.41, 5.74) is 0. The topological polar surface area (TPSA) is 49.4 Å². The van der Waals surface area contributed by atoms with Gasteiger partial charge in [-0.1, -0.05) is 20.8 Å². The van der Waals surface area contributed by atoms with Crippen LogP contribution >= 0.6 is 11.3 Å². The van der Waals surface area contributed by atoms with E-state index in [1.165, 1.54) is 9.75 Å². The van der Waals surface area contributed by atoms with Crippen LogP contribution in [0, 0.1) is 5.92 Å². The van der Waals surface area contributed by atoms with Crippen LogP contribution in [-0.4, -0.2) is 29.3 Å². The van der Waals surface area contributed by atoms with Crippen molar-refractivity contribution in [1.29, 1.82) is 0 Å². The van der Waals surface area contributed by atoms with Crippen LogP contribution in [0.2, 0.25) is 0 Å². The van der Waals surface area contributed by atoms with Crippen molar-refractivity contribution in [2.45, 2.75) is 46.2 Å². The highest BCUT2D eigenvalue weighted by molar-refractivity contribution is 7.11. The van der Waals surface area contributed by atoms with Crippen molar-refractivity contribution in [3.05, 3.63) is 21.9 Å². The molecule has 1 aromatic rings. The number of aryl methyl sites for hydroxylation is 1. The number of nitrogens with zero attached hydrogens (tertiary/aromatic N) is 1. The van der Waals surface area contributed by atoms with Crippen LogP contribution < -0.4 is 5.32 Å². The van der Waals surface area contributed by atoms with Crippen molar-refractivity contribution in [1.82, 2.24) is 10.2 Å². The Morgan fingerprint density at radius 1 is 1.35 bits per heavy atom. The average molecular weight is 294 g/mol. The molecule has 1 aliphatic heterocycles. The van der Waals surface area contributed by atoms with Gasteiger partial charge in [-0.05, 0) is 24.5 Å². The molecule has 1 atom stereocenters. The van der Waals surface area contributed by atoms with Crippen LogP contribution in [-0.2, 0) is 22.6 Å². The van der Waals surface area contributed by atoms with E-state index in [4.69, 9.17) is 0 Å². The first-order valence-electron chi connectivity index (χ1n) is 7.17. The summed E-state index contributed by atoms with van der Waals surface area (Å²) in [6.45, 7) is 7.18. The Morgan fingerprint density at radius 2 is 2.05 bits per heavy atom. The molecule has 1 aliphatic rings. The van der Waals surface area contributed by atoms with Crippen LogP contribution in [0.4, 0.5) is 0 Å². The Balaban J connectivity index is 2.12. The van der Waals surface area contributed by atoms with Gasteiger partial charge in [0.25, 0.3) is 0 Å². The molecule has 0 radical (unpaired) electrons. The lowest BCUT2D eigenvalue weighted by molar-refractivity contribution is -0.135. The summed E-state index contributed by atoms with van der Waals surface area (Å²) in [6, 6.07) is 3.81. The molecule has 0 bridgehead atoms. The highest BCUT2D eigenvalue weighted by Gasteiger charge is 2.31. The van der Waals surface area contributed by atoms with Gasteiger partial charge < -0.3 is 10.2 Å². The largest absolute Gasteiger partial charge is 0.344 e. The van der Waals surface area contributed by atoms with Gasteiger partial charge in [-0.3, -0.25) is 9.59 Å². The Bertz CT molecular complexity index is 496. The molecule has 20 heavy (non-hydrogen) atoms. The van der Waals surface area contributed by atoms with E-state index in [0.717, 1.165) is 6.42 Å². The Labute approximate surface area is 124 Å². The quantitative estimate of drug-likeness (QED) is 0.925. The summed E-state index contributed by atoms with van der Waals surface area (Å²) in [7, 11) is 0. The predicted molar refractivity (Wildman–Crippen MR) is 80.5 cm³/mol. The molecule has 0 aromatic carbocycles. The number of amides is 2. The second-order valence-corrected chi connectivity index (χ2v) is 6.77. The van der Waals surface area contributed by atoms with Crippen molar-refractivity contribution in [2.24, 2.45) is 5.92 Å². The molecule has 1 saturated heterocycles. The molecule has 1 unspecified atom stereocenters. The predicted octanol–water partition coefficient (Wildman–Crippen LogP) is 2.18. The SMILES string of the molecule is CCc1ccc(CN2CCC(=O)NC(C(C)C)C2=O)s1. The van der Waals surface area contributed by atoms with E-state index in [1.807, 2.05) is 18.7 Å². The fraction of sp³-hybridized carbons (Fsp3) is 0.600. The number of nitrogens with one attached hydrogen (secondary N) is 1. The summed E-state index contributed by atoms with van der Waals surface area (Å²) in [5, 5.41) is 2.83. The van der Waals surface area contributed by atoms with Crippen molar-refractivity contribution in [3.63, 3.8) is 0 Å². The first kappa shape index (κ1) is 15.0. The summed E-state index contributed by atoms with van der Waals surface area (Å²) >= 11 is 1.75. The molecule has 110 valence electrons. The van der Waals surface area contributed by atoms with Crippen LogP contribution in [0.1, 0.15) is 36.9 Å². The van der Waals surface area contributed by atoms with Gasteiger partial charge >= 0.3 is 0 Å². The zero-order valence-electron chi connectivity index (χ0n) is 12.3. The molecule has 4 nitrogen and oxygen atoms in total. The third kappa shape index (κ3) is 3.39. The van der Waals surface area contributed by atoms with Crippen molar-refractivity contribution < 1.29 is 9.59 Å². The third-order valence-corrected chi connectivity index (χ3v) is 4.80. The van der Waals surface area contributed by atoms with E-state index >= 15 is 0 Å². The highest BCUT2D eigenvalue weighted by Crippen LogP contribution is 2.21. The van der Waals surface area contributed by atoms with Gasteiger partial charge in [0.1, 0.15) is 6.04 Å². The standard InChI is InChI=1S/C15H22N2O2S/c1-4-11-5-6-12(20-11)9-17-8-7-13(18)16-14(10(2)3)15(17)19/h5-6,10,14H,4,7-9H2,1-3H3,(H,16,18). The van der Waals surface area contributed by atoms with Gasteiger partial charge in [0.15, 0.2) is 0 Å². The number of thiophene rings is 1. The number of carbonyl (C=O) groups is 2. The fourth-order valence-electron chi connectivity index (χ4n) is 2.34. The average Bonchev–Trinajstić information content (AvgIpc) is 2.81. The first-order chi connectivity index (χ1) is 9.51. The lowest BCUT2D eigenvalue weighted by Gasteiger charge is -2.25. The Morgan fingerprint density at radius 3 is 2.65 bits per heavy atom. The summed E-state index contributed by atoms with van der Waals surface area (Å²) in [5.74, 6) is 0.124. The van der Waals surface area contributed by atoms with E-state index < -0.39 is 6.04 Å². The molecule has 5 heteroatoms.